The van der Waals surface area contributed by atoms with Crippen LogP contribution in [0.5, 0.6) is 0 Å². The third-order valence-electron chi connectivity index (χ3n) is 4.80. The van der Waals surface area contributed by atoms with Gasteiger partial charge in [0.2, 0.25) is 0 Å². The molecule has 1 aliphatic carbocycles. The number of ether oxygens (including phenoxy) is 1. The maximum Gasteiger partial charge on any atom is 0.331 e. The summed E-state index contributed by atoms with van der Waals surface area (Å²) in [6, 6.07) is 9.57. The Kier molecular flexibility index (Phi) is 4.88. The van der Waals surface area contributed by atoms with Crippen molar-refractivity contribution in [2.24, 2.45) is 7.05 Å². The number of hydrogen-bond acceptors (Lipinski definition) is 4. The molecule has 1 heterocycles. The molecule has 0 spiro atoms. The first-order valence-corrected chi connectivity index (χ1v) is 8.48. The van der Waals surface area contributed by atoms with E-state index >= 15 is 0 Å². The lowest BCUT2D eigenvalue weighted by Gasteiger charge is -2.21. The van der Waals surface area contributed by atoms with Crippen LogP contribution in [0.2, 0.25) is 0 Å². The van der Waals surface area contributed by atoms with E-state index in [-0.39, 0.29) is 18.6 Å². The van der Waals surface area contributed by atoms with Crippen molar-refractivity contribution in [3.05, 3.63) is 68.5 Å². The molecule has 0 bridgehead atoms. The van der Waals surface area contributed by atoms with Gasteiger partial charge in [-0.15, -0.1) is 0 Å². The van der Waals surface area contributed by atoms with Gasteiger partial charge in [-0.25, -0.2) is 4.79 Å². The molecule has 1 aromatic heterocycles. The zero-order valence-electron chi connectivity index (χ0n) is 14.5. The first-order chi connectivity index (χ1) is 12.0. The molecule has 2 aromatic rings. The summed E-state index contributed by atoms with van der Waals surface area (Å²) in [7, 11) is 1.39. The van der Waals surface area contributed by atoms with Crippen LogP contribution in [-0.2, 0) is 23.1 Å². The standard InChI is InChI=1S/C19H22N2O4/c1-13-6-8-14(9-7-13)15-4-3-5-16(15)25-18(23)12-21-11-10-17(22)20(2)19(21)24/h6-11,15-16H,3-5,12H2,1-2H3. The molecule has 2 atom stereocenters. The average Bonchev–Trinajstić information content (AvgIpc) is 3.04. The summed E-state index contributed by atoms with van der Waals surface area (Å²) in [5.41, 5.74) is 1.46. The van der Waals surface area contributed by atoms with Crippen LogP contribution in [0, 0.1) is 6.92 Å². The van der Waals surface area contributed by atoms with E-state index in [2.05, 4.69) is 24.3 Å². The van der Waals surface area contributed by atoms with Crippen LogP contribution < -0.4 is 11.2 Å². The lowest BCUT2D eigenvalue weighted by atomic mass is 9.95. The molecule has 6 nitrogen and oxygen atoms in total. The van der Waals surface area contributed by atoms with Gasteiger partial charge in [-0.05, 0) is 31.7 Å². The van der Waals surface area contributed by atoms with Crippen LogP contribution in [0.25, 0.3) is 0 Å². The van der Waals surface area contributed by atoms with Crippen LogP contribution in [-0.4, -0.2) is 21.2 Å². The molecule has 0 amide bonds. The Morgan fingerprint density at radius 3 is 2.60 bits per heavy atom. The van der Waals surface area contributed by atoms with Crippen LogP contribution in [0.15, 0.2) is 46.1 Å². The number of carbonyl (C=O) groups excluding carboxylic acids is 1. The lowest BCUT2D eigenvalue weighted by molar-refractivity contribution is -0.150. The highest BCUT2D eigenvalue weighted by molar-refractivity contribution is 5.69. The van der Waals surface area contributed by atoms with Gasteiger partial charge < -0.3 is 4.74 Å². The van der Waals surface area contributed by atoms with Crippen molar-refractivity contribution in [2.45, 2.75) is 44.8 Å². The molecule has 1 aliphatic rings. The summed E-state index contributed by atoms with van der Waals surface area (Å²) < 4.78 is 7.82. The summed E-state index contributed by atoms with van der Waals surface area (Å²) in [5.74, 6) is -0.258. The number of hydrogen-bond donors (Lipinski definition) is 0. The van der Waals surface area contributed by atoms with Gasteiger partial charge in [0.1, 0.15) is 12.6 Å². The predicted molar refractivity (Wildman–Crippen MR) is 93.6 cm³/mol. The number of esters is 1. The van der Waals surface area contributed by atoms with Gasteiger partial charge in [-0.3, -0.25) is 18.7 Å². The fourth-order valence-electron chi connectivity index (χ4n) is 3.34. The van der Waals surface area contributed by atoms with Crippen LogP contribution >= 0.6 is 0 Å². The van der Waals surface area contributed by atoms with Crippen molar-refractivity contribution in [2.75, 3.05) is 0 Å². The van der Waals surface area contributed by atoms with Crippen molar-refractivity contribution < 1.29 is 9.53 Å². The van der Waals surface area contributed by atoms with Crippen LogP contribution in [0.4, 0.5) is 0 Å². The van der Waals surface area contributed by atoms with E-state index in [1.54, 1.807) is 0 Å². The van der Waals surface area contributed by atoms with Crippen molar-refractivity contribution in [1.29, 1.82) is 0 Å². The Morgan fingerprint density at radius 2 is 1.88 bits per heavy atom. The Bertz CT molecular complexity index is 880. The number of nitrogens with zero attached hydrogens (tertiary/aromatic N) is 2. The van der Waals surface area contributed by atoms with Gasteiger partial charge in [0.15, 0.2) is 0 Å². The van der Waals surface area contributed by atoms with Gasteiger partial charge in [0, 0.05) is 25.2 Å². The van der Waals surface area contributed by atoms with Gasteiger partial charge in [-0.1, -0.05) is 29.8 Å². The third-order valence-corrected chi connectivity index (χ3v) is 4.80. The van der Waals surface area contributed by atoms with E-state index in [1.807, 2.05) is 6.92 Å². The van der Waals surface area contributed by atoms with Crippen LogP contribution in [0.1, 0.15) is 36.3 Å². The fourth-order valence-corrected chi connectivity index (χ4v) is 3.34. The molecule has 0 N–H and O–H groups in total. The molecule has 3 rings (SSSR count). The molecule has 0 aliphatic heterocycles. The Labute approximate surface area is 145 Å². The molecule has 25 heavy (non-hydrogen) atoms. The van der Waals surface area contributed by atoms with E-state index < -0.39 is 17.2 Å². The van der Waals surface area contributed by atoms with E-state index in [4.69, 9.17) is 4.74 Å². The highest BCUT2D eigenvalue weighted by Crippen LogP contribution is 2.36. The number of benzene rings is 1. The number of rotatable bonds is 4. The Balaban J connectivity index is 1.70. The van der Waals surface area contributed by atoms with E-state index in [0.717, 1.165) is 23.8 Å². The highest BCUT2D eigenvalue weighted by atomic mass is 16.5. The zero-order chi connectivity index (χ0) is 18.0. The van der Waals surface area contributed by atoms with Crippen molar-refractivity contribution >= 4 is 5.97 Å². The summed E-state index contributed by atoms with van der Waals surface area (Å²) in [5, 5.41) is 0. The second kappa shape index (κ2) is 7.09. The molecular weight excluding hydrogens is 320 g/mol. The zero-order valence-corrected chi connectivity index (χ0v) is 14.5. The van der Waals surface area contributed by atoms with Gasteiger partial charge in [-0.2, -0.15) is 0 Å². The largest absolute Gasteiger partial charge is 0.460 e. The minimum atomic E-state index is -0.522. The van der Waals surface area contributed by atoms with E-state index in [9.17, 15) is 14.4 Å². The Hall–Kier alpha value is -2.63. The summed E-state index contributed by atoms with van der Waals surface area (Å²) in [6.07, 6.45) is 3.99. The average molecular weight is 342 g/mol. The maximum atomic E-state index is 12.3. The van der Waals surface area contributed by atoms with Gasteiger partial charge >= 0.3 is 11.7 Å². The molecule has 0 saturated heterocycles. The molecule has 6 heteroatoms. The topological polar surface area (TPSA) is 70.3 Å². The van der Waals surface area contributed by atoms with Gasteiger partial charge in [0.25, 0.3) is 5.56 Å². The highest BCUT2D eigenvalue weighted by Gasteiger charge is 2.31. The molecule has 1 aromatic carbocycles. The van der Waals surface area contributed by atoms with Crippen LogP contribution in [0.3, 0.4) is 0 Å². The second-order valence-electron chi connectivity index (χ2n) is 6.60. The molecule has 1 fully saturated rings. The summed E-state index contributed by atoms with van der Waals surface area (Å²) in [4.78, 5) is 35.7. The molecule has 1 saturated carbocycles. The third kappa shape index (κ3) is 3.73. The molecule has 132 valence electrons. The minimum Gasteiger partial charge on any atom is -0.460 e. The first kappa shape index (κ1) is 17.2. The quantitative estimate of drug-likeness (QED) is 0.794. The predicted octanol–water partition coefficient (Wildman–Crippen LogP) is 1.73. The smallest absolute Gasteiger partial charge is 0.331 e. The van der Waals surface area contributed by atoms with Crippen molar-refractivity contribution in [3.63, 3.8) is 0 Å². The lowest BCUT2D eigenvalue weighted by Crippen LogP contribution is -2.38. The van der Waals surface area contributed by atoms with Crippen molar-refractivity contribution in [1.82, 2.24) is 9.13 Å². The SMILES string of the molecule is Cc1ccc(C2CCCC2OC(=O)Cn2ccc(=O)n(C)c2=O)cc1. The second-order valence-corrected chi connectivity index (χ2v) is 6.60. The van der Waals surface area contributed by atoms with Crippen molar-refractivity contribution in [3.8, 4) is 0 Å². The normalized spacial score (nSPS) is 19.8. The number of aryl methyl sites for hydroxylation is 1. The minimum absolute atomic E-state index is 0.168. The summed E-state index contributed by atoms with van der Waals surface area (Å²) in [6.45, 7) is 1.85. The Morgan fingerprint density at radius 1 is 1.16 bits per heavy atom. The van der Waals surface area contributed by atoms with E-state index in [0.29, 0.717) is 0 Å². The molecular formula is C19H22N2O4. The first-order valence-electron chi connectivity index (χ1n) is 8.48. The fraction of sp³-hybridized carbons (Fsp3) is 0.421. The maximum absolute atomic E-state index is 12.3. The number of aromatic nitrogens is 2. The molecule has 0 radical (unpaired) electrons. The number of carbonyl (C=O) groups is 1. The summed E-state index contributed by atoms with van der Waals surface area (Å²) >= 11 is 0. The van der Waals surface area contributed by atoms with E-state index in [1.165, 1.54) is 35.0 Å². The monoisotopic (exact) mass is 342 g/mol. The molecule has 2 unspecified atom stereocenters. The van der Waals surface area contributed by atoms with Gasteiger partial charge in [0.05, 0.1) is 0 Å².